The Kier molecular flexibility index (Phi) is 11.7. The molecule has 2 bridgehead atoms. The molecule has 1 amide bonds. The Hall–Kier alpha value is -3.81. The van der Waals surface area contributed by atoms with Gasteiger partial charge in [0.25, 0.3) is 0 Å². The minimum Gasteiger partial charge on any atom is -0.456 e. The van der Waals surface area contributed by atoms with Crippen molar-refractivity contribution in [3.8, 4) is 0 Å². The molecule has 2 saturated carbocycles. The topological polar surface area (TPSA) is 189 Å². The molecule has 15 nitrogen and oxygen atoms in total. The molecule has 7 rings (SSSR count). The van der Waals surface area contributed by atoms with Crippen molar-refractivity contribution in [1.82, 2.24) is 10.2 Å². The molecule has 1 aromatic rings. The van der Waals surface area contributed by atoms with Crippen molar-refractivity contribution in [3.05, 3.63) is 47.0 Å². The first kappa shape index (κ1) is 44.3. The highest BCUT2D eigenvalue weighted by atomic mass is 19.4. The summed E-state index contributed by atoms with van der Waals surface area (Å²) in [4.78, 5) is 55.5. The summed E-state index contributed by atoms with van der Waals surface area (Å²) in [6.07, 6.45) is -15.8. The number of alkyl carbamates (subject to hydrolysis) is 1. The van der Waals surface area contributed by atoms with Crippen LogP contribution in [0.4, 0.5) is 18.0 Å². The maximum atomic E-state index is 14.3. The van der Waals surface area contributed by atoms with Gasteiger partial charge in [0.1, 0.15) is 30.0 Å². The Labute approximate surface area is 346 Å². The first-order valence-electron chi connectivity index (χ1n) is 20.5. The van der Waals surface area contributed by atoms with Crippen LogP contribution in [-0.4, -0.2) is 138 Å². The van der Waals surface area contributed by atoms with Gasteiger partial charge in [-0.25, -0.2) is 14.4 Å². The summed E-state index contributed by atoms with van der Waals surface area (Å²) in [5, 5.41) is 26.1. The largest absolute Gasteiger partial charge is 0.456 e. The predicted octanol–water partition coefficient (Wildman–Crippen LogP) is 3.97. The van der Waals surface area contributed by atoms with E-state index in [1.807, 2.05) is 6.92 Å². The van der Waals surface area contributed by atoms with E-state index in [0.29, 0.717) is 30.5 Å². The summed E-state index contributed by atoms with van der Waals surface area (Å²) in [7, 11) is 0. The van der Waals surface area contributed by atoms with Gasteiger partial charge in [-0.2, -0.15) is 13.2 Å². The highest BCUT2D eigenvalue weighted by molar-refractivity contribution is 5.89. The minimum absolute atomic E-state index is 0.111. The van der Waals surface area contributed by atoms with Crippen LogP contribution in [-0.2, 0) is 42.7 Å². The molecule has 0 radical (unpaired) electrons. The summed E-state index contributed by atoms with van der Waals surface area (Å²) in [5.74, 6) is -4.28. The molecule has 3 N–H and O–H groups in total. The normalized spacial score (nSPS) is 36.7. The number of benzene rings is 1. The van der Waals surface area contributed by atoms with Crippen molar-refractivity contribution < 1.29 is 75.7 Å². The molecule has 6 aliphatic rings. The van der Waals surface area contributed by atoms with Crippen molar-refractivity contribution in [1.29, 1.82) is 0 Å². The van der Waals surface area contributed by atoms with Crippen LogP contribution in [0.1, 0.15) is 84.5 Å². The average Bonchev–Trinajstić information content (AvgIpc) is 3.55. The highest BCUT2D eigenvalue weighted by Crippen LogP contribution is 2.66. The lowest BCUT2D eigenvalue weighted by molar-refractivity contribution is -0.345. The van der Waals surface area contributed by atoms with Gasteiger partial charge in [-0.3, -0.25) is 9.69 Å². The number of nitrogens with zero attached hydrogens (tertiary/aromatic N) is 1. The minimum atomic E-state index is -5.33. The number of hydrogen-bond donors (Lipinski definition) is 3. The number of halogens is 3. The van der Waals surface area contributed by atoms with Crippen LogP contribution < -0.4 is 5.32 Å². The van der Waals surface area contributed by atoms with Crippen LogP contribution in [0.15, 0.2) is 41.5 Å². The number of aliphatic hydroxyl groups excluding tert-OH is 1. The number of likely N-dealkylation sites (tertiary alicyclic amines) is 1. The second-order valence-electron chi connectivity index (χ2n) is 18.1. The molecule has 60 heavy (non-hydrogen) atoms. The summed E-state index contributed by atoms with van der Waals surface area (Å²) in [5.41, 5.74) is -5.32. The number of hydrogen-bond acceptors (Lipinski definition) is 14. The van der Waals surface area contributed by atoms with Gasteiger partial charge in [0, 0.05) is 30.7 Å². The number of carbonyl (C=O) groups excluding carboxylic acids is 4. The fraction of sp³-hybridized carbons (Fsp3) is 0.714. The van der Waals surface area contributed by atoms with Gasteiger partial charge in [0.2, 0.25) is 0 Å². The van der Waals surface area contributed by atoms with Crippen molar-refractivity contribution in [2.45, 2.75) is 147 Å². The van der Waals surface area contributed by atoms with Gasteiger partial charge in [-0.15, -0.1) is 0 Å². The summed E-state index contributed by atoms with van der Waals surface area (Å²) < 4.78 is 86.1. The second kappa shape index (κ2) is 15.8. The number of amides is 1. The van der Waals surface area contributed by atoms with Crippen LogP contribution in [0, 0.1) is 16.7 Å². The van der Waals surface area contributed by atoms with Crippen LogP contribution in [0.5, 0.6) is 0 Å². The molecule has 18 heteroatoms. The Bertz CT molecular complexity index is 1870. The zero-order valence-corrected chi connectivity index (χ0v) is 34.8. The molecule has 12 atom stereocenters. The maximum absolute atomic E-state index is 14.3. The number of carbonyl (C=O) groups is 4. The van der Waals surface area contributed by atoms with E-state index in [4.69, 9.17) is 33.2 Å². The van der Waals surface area contributed by atoms with Crippen molar-refractivity contribution >= 4 is 24.0 Å². The smallest absolute Gasteiger partial charge is 0.411 e. The van der Waals surface area contributed by atoms with Crippen molar-refractivity contribution in [2.75, 3.05) is 26.2 Å². The Balaban J connectivity index is 1.38. The highest BCUT2D eigenvalue weighted by Gasteiger charge is 2.77. The molecule has 1 aromatic carbocycles. The molecule has 332 valence electrons. The van der Waals surface area contributed by atoms with E-state index in [9.17, 15) is 42.6 Å². The zero-order chi connectivity index (χ0) is 43.7. The van der Waals surface area contributed by atoms with Gasteiger partial charge < -0.3 is 48.7 Å². The van der Waals surface area contributed by atoms with Crippen LogP contribution in [0.2, 0.25) is 0 Å². The Morgan fingerprint density at radius 2 is 1.73 bits per heavy atom. The fourth-order valence-electron chi connectivity index (χ4n) is 10.6. The number of rotatable bonds is 10. The standard InChI is InChI=1S/C42H55F3N2O13/c1-21(2)55-37(52)46-32(42(43,44)45)29(49)36(51)56-25-18-41(53)34(59-35(50)24-12-9-8-10-13-24)31-39(7,15-14-26-40(31,20-54-26)60-23(4)48)33-30(28(22(25)3)38(41,5)6)57-27(58-33)19-47-16-11-17-47/h8-10,12-13,21,25-27,29-34,49,53H,11,14-20H2,1-7H3,(H,46,52)/t25-,26+,27+,29+,30+,31-,32+,33+,34-,39+,40-,41+/m0/s1. The lowest BCUT2D eigenvalue weighted by Gasteiger charge is -2.68. The average molecular weight is 853 g/mol. The SMILES string of the molecule is CC(=O)O[C@@]12CO[C@@H]1CC[C@@]1(C)[C@@H]3O[C@H](CN4CCC4)O[C@@H]3C3=C(C)[C@@H](OC(=O)[C@H](O)[C@@H](NC(=O)OC(C)C)C(F)(F)F)C[C@@](O)([C@@H](OC(=O)c4ccccc4)[C@@H]12)C3(C)C. The van der Waals surface area contributed by atoms with Crippen LogP contribution in [0.25, 0.3) is 0 Å². The third-order valence-electron chi connectivity index (χ3n) is 13.7. The molecule has 3 aliphatic carbocycles. The zero-order valence-electron chi connectivity index (χ0n) is 34.8. The van der Waals surface area contributed by atoms with E-state index in [-0.39, 0.29) is 12.2 Å². The number of ether oxygens (including phenoxy) is 7. The third-order valence-corrected chi connectivity index (χ3v) is 13.7. The summed E-state index contributed by atoms with van der Waals surface area (Å²) >= 11 is 0. The quantitative estimate of drug-likeness (QED) is 0.174. The van der Waals surface area contributed by atoms with Crippen LogP contribution >= 0.6 is 0 Å². The molecular formula is C42H55F3N2O13. The Morgan fingerprint density at radius 1 is 1.05 bits per heavy atom. The molecule has 3 heterocycles. The van der Waals surface area contributed by atoms with E-state index < -0.39 is 120 Å². The molecule has 0 unspecified atom stereocenters. The molecule has 0 spiro atoms. The van der Waals surface area contributed by atoms with Gasteiger partial charge in [0.05, 0.1) is 30.3 Å². The number of esters is 3. The number of aliphatic hydroxyl groups is 2. The summed E-state index contributed by atoms with van der Waals surface area (Å²) in [6, 6.07) is 4.93. The summed E-state index contributed by atoms with van der Waals surface area (Å²) in [6.45, 7) is 13.0. The van der Waals surface area contributed by atoms with Gasteiger partial charge in [-0.1, -0.05) is 39.0 Å². The predicted molar refractivity (Wildman–Crippen MR) is 202 cm³/mol. The van der Waals surface area contributed by atoms with E-state index in [0.717, 1.165) is 19.5 Å². The van der Waals surface area contributed by atoms with Gasteiger partial charge >= 0.3 is 30.2 Å². The van der Waals surface area contributed by atoms with Gasteiger partial charge in [-0.05, 0) is 76.4 Å². The maximum Gasteiger partial charge on any atom is 0.411 e. The molecule has 3 saturated heterocycles. The molecule has 3 aliphatic heterocycles. The van der Waals surface area contributed by atoms with Crippen molar-refractivity contribution in [3.63, 3.8) is 0 Å². The number of nitrogens with one attached hydrogen (secondary N) is 1. The molecule has 0 aromatic heterocycles. The third kappa shape index (κ3) is 7.48. The fourth-order valence-corrected chi connectivity index (χ4v) is 10.6. The van der Waals surface area contributed by atoms with Crippen LogP contribution in [0.3, 0.4) is 0 Å². The number of fused-ring (bicyclic) bond motifs is 8. The number of alkyl halides is 3. The van der Waals surface area contributed by atoms with E-state index >= 15 is 0 Å². The molecular weight excluding hydrogens is 797 g/mol. The van der Waals surface area contributed by atoms with E-state index in [1.54, 1.807) is 39.0 Å². The monoisotopic (exact) mass is 852 g/mol. The van der Waals surface area contributed by atoms with E-state index in [1.165, 1.54) is 38.2 Å². The first-order chi connectivity index (χ1) is 28.0. The Morgan fingerprint density at radius 3 is 2.30 bits per heavy atom. The lowest BCUT2D eigenvalue weighted by Crippen LogP contribution is -2.79. The lowest BCUT2D eigenvalue weighted by atomic mass is 9.45. The van der Waals surface area contributed by atoms with Gasteiger partial charge in [0.15, 0.2) is 24.0 Å². The first-order valence-corrected chi connectivity index (χ1v) is 20.5. The molecule has 5 fully saturated rings. The van der Waals surface area contributed by atoms with E-state index in [2.05, 4.69) is 4.90 Å². The van der Waals surface area contributed by atoms with Crippen molar-refractivity contribution in [2.24, 2.45) is 16.7 Å². The second-order valence-corrected chi connectivity index (χ2v) is 18.1.